The number of anilines is 1. The molecular formula is C18H15FN4O4. The van der Waals surface area contributed by atoms with E-state index in [1.165, 1.54) is 37.6 Å². The van der Waals surface area contributed by atoms with Crippen LogP contribution < -0.4 is 15.4 Å². The lowest BCUT2D eigenvalue weighted by molar-refractivity contribution is -0.384. The molecule has 27 heavy (non-hydrogen) atoms. The van der Waals surface area contributed by atoms with Gasteiger partial charge in [-0.15, -0.1) is 0 Å². The highest BCUT2D eigenvalue weighted by molar-refractivity contribution is 6.07. The number of nitro benzene ring substituents is 1. The number of amides is 1. The molecule has 138 valence electrons. The lowest BCUT2D eigenvalue weighted by atomic mass is 10.2. The third kappa shape index (κ3) is 5.27. The zero-order valence-electron chi connectivity index (χ0n) is 14.2. The first-order valence-electron chi connectivity index (χ1n) is 7.66. The van der Waals surface area contributed by atoms with Crippen molar-refractivity contribution >= 4 is 17.3 Å². The smallest absolute Gasteiger partial charge is 0.273 e. The summed E-state index contributed by atoms with van der Waals surface area (Å²) in [6.45, 7) is 0.219. The van der Waals surface area contributed by atoms with Gasteiger partial charge in [0.1, 0.15) is 23.2 Å². The summed E-state index contributed by atoms with van der Waals surface area (Å²) in [5.74, 6) is -1.03. The molecule has 2 aromatic rings. The number of nitrogens with zero attached hydrogens (tertiary/aromatic N) is 2. The second-order valence-corrected chi connectivity index (χ2v) is 5.28. The molecule has 0 aliphatic carbocycles. The van der Waals surface area contributed by atoms with Gasteiger partial charge in [-0.05, 0) is 23.8 Å². The number of ether oxygens (including phenoxy) is 1. The van der Waals surface area contributed by atoms with E-state index in [0.29, 0.717) is 5.56 Å². The average Bonchev–Trinajstić information content (AvgIpc) is 2.65. The van der Waals surface area contributed by atoms with Crippen molar-refractivity contribution in [2.24, 2.45) is 0 Å². The topological polar surface area (TPSA) is 117 Å². The third-order valence-corrected chi connectivity index (χ3v) is 3.45. The molecule has 0 unspecified atom stereocenters. The average molecular weight is 370 g/mol. The molecular weight excluding hydrogens is 355 g/mol. The molecule has 0 aliphatic rings. The molecule has 0 saturated carbocycles. The van der Waals surface area contributed by atoms with E-state index in [-0.39, 0.29) is 35.1 Å². The minimum Gasteiger partial charge on any atom is -0.494 e. The van der Waals surface area contributed by atoms with E-state index in [9.17, 15) is 19.3 Å². The van der Waals surface area contributed by atoms with E-state index < -0.39 is 10.8 Å². The number of carbonyl (C=O) groups excluding carboxylic acids is 1. The van der Waals surface area contributed by atoms with Crippen molar-refractivity contribution < 1.29 is 18.8 Å². The van der Waals surface area contributed by atoms with Gasteiger partial charge < -0.3 is 15.4 Å². The Morgan fingerprint density at radius 2 is 2.15 bits per heavy atom. The minimum atomic E-state index is -0.726. The highest BCUT2D eigenvalue weighted by Crippen LogP contribution is 2.29. The monoisotopic (exact) mass is 370 g/mol. The summed E-state index contributed by atoms with van der Waals surface area (Å²) in [4.78, 5) is 22.4. The molecule has 0 atom stereocenters. The molecule has 0 aromatic heterocycles. The van der Waals surface area contributed by atoms with Crippen LogP contribution in [0.3, 0.4) is 0 Å². The Kier molecular flexibility index (Phi) is 6.44. The Morgan fingerprint density at radius 3 is 2.78 bits per heavy atom. The Morgan fingerprint density at radius 1 is 1.37 bits per heavy atom. The predicted molar refractivity (Wildman–Crippen MR) is 95.2 cm³/mol. The van der Waals surface area contributed by atoms with Crippen molar-refractivity contribution in [3.8, 4) is 11.8 Å². The van der Waals surface area contributed by atoms with Crippen molar-refractivity contribution in [3.05, 3.63) is 75.7 Å². The molecule has 2 rings (SSSR count). The van der Waals surface area contributed by atoms with Gasteiger partial charge in [-0.3, -0.25) is 14.9 Å². The fourth-order valence-electron chi connectivity index (χ4n) is 2.15. The van der Waals surface area contributed by atoms with Crippen LogP contribution >= 0.6 is 0 Å². The molecule has 0 bridgehead atoms. The Labute approximate surface area is 154 Å². The van der Waals surface area contributed by atoms with E-state index in [0.717, 1.165) is 6.07 Å². The fourth-order valence-corrected chi connectivity index (χ4v) is 2.15. The Balaban J connectivity index is 2.08. The zero-order valence-corrected chi connectivity index (χ0v) is 14.2. The van der Waals surface area contributed by atoms with Gasteiger partial charge in [0.2, 0.25) is 0 Å². The van der Waals surface area contributed by atoms with Crippen molar-refractivity contribution in [3.63, 3.8) is 0 Å². The molecule has 0 saturated heterocycles. The zero-order chi connectivity index (χ0) is 19.8. The summed E-state index contributed by atoms with van der Waals surface area (Å²) in [6, 6.07) is 11.3. The Hall–Kier alpha value is -3.93. The number of nitro groups is 1. The molecule has 1 amide bonds. The van der Waals surface area contributed by atoms with Crippen molar-refractivity contribution in [1.82, 2.24) is 5.32 Å². The summed E-state index contributed by atoms with van der Waals surface area (Å²) in [5, 5.41) is 25.2. The first-order chi connectivity index (χ1) is 12.9. The number of carbonyl (C=O) groups is 1. The number of rotatable bonds is 7. The number of methoxy groups -OCH3 is 1. The van der Waals surface area contributed by atoms with E-state index in [4.69, 9.17) is 10.00 Å². The number of benzene rings is 2. The quantitative estimate of drug-likeness (QED) is 0.335. The van der Waals surface area contributed by atoms with Gasteiger partial charge in [0, 0.05) is 18.8 Å². The van der Waals surface area contributed by atoms with Crippen LogP contribution in [0.1, 0.15) is 5.56 Å². The maximum Gasteiger partial charge on any atom is 0.273 e. The van der Waals surface area contributed by atoms with Gasteiger partial charge in [-0.2, -0.15) is 5.26 Å². The number of hydrogen-bond acceptors (Lipinski definition) is 6. The van der Waals surface area contributed by atoms with E-state index >= 15 is 0 Å². The third-order valence-electron chi connectivity index (χ3n) is 3.45. The first-order valence-corrected chi connectivity index (χ1v) is 7.66. The van der Waals surface area contributed by atoms with E-state index in [1.807, 2.05) is 0 Å². The maximum absolute atomic E-state index is 13.1. The van der Waals surface area contributed by atoms with E-state index in [2.05, 4.69) is 10.6 Å². The standard InChI is InChI=1S/C18H15FN4O4/c1-27-17-8-15(23(25)26)5-6-16(17)22-18(24)13(9-20)11-21-10-12-3-2-4-14(19)7-12/h2-8,11,21H,10H2,1H3,(H,22,24)/b13-11-. The molecule has 2 aromatic carbocycles. The lowest BCUT2D eigenvalue weighted by Crippen LogP contribution is -2.17. The number of non-ortho nitro benzene ring substituents is 1. The van der Waals surface area contributed by atoms with E-state index in [1.54, 1.807) is 18.2 Å². The van der Waals surface area contributed by atoms with Gasteiger partial charge in [-0.1, -0.05) is 12.1 Å². The van der Waals surface area contributed by atoms with Crippen LogP contribution in [0.4, 0.5) is 15.8 Å². The highest BCUT2D eigenvalue weighted by atomic mass is 19.1. The van der Waals surface area contributed by atoms with Crippen LogP contribution in [0.5, 0.6) is 5.75 Å². The van der Waals surface area contributed by atoms with Crippen molar-refractivity contribution in [2.75, 3.05) is 12.4 Å². The molecule has 2 N–H and O–H groups in total. The maximum atomic E-state index is 13.1. The highest BCUT2D eigenvalue weighted by Gasteiger charge is 2.15. The van der Waals surface area contributed by atoms with Crippen LogP contribution in [0.25, 0.3) is 0 Å². The Bertz CT molecular complexity index is 937. The molecule has 0 spiro atoms. The summed E-state index contributed by atoms with van der Waals surface area (Å²) in [5.41, 5.74) is 0.393. The SMILES string of the molecule is COc1cc([N+](=O)[O-])ccc1NC(=O)/C(C#N)=C\NCc1cccc(F)c1. The summed E-state index contributed by atoms with van der Waals surface area (Å²) in [6.07, 6.45) is 1.21. The van der Waals surface area contributed by atoms with Gasteiger partial charge in [0.25, 0.3) is 11.6 Å². The number of nitriles is 1. The molecule has 0 fully saturated rings. The first kappa shape index (κ1) is 19.4. The molecule has 0 aliphatic heterocycles. The molecule has 0 heterocycles. The molecule has 0 radical (unpaired) electrons. The van der Waals surface area contributed by atoms with Crippen LogP contribution in [0.2, 0.25) is 0 Å². The van der Waals surface area contributed by atoms with Crippen molar-refractivity contribution in [2.45, 2.75) is 6.54 Å². The minimum absolute atomic E-state index is 0.0857. The summed E-state index contributed by atoms with van der Waals surface area (Å²) < 4.78 is 18.2. The van der Waals surface area contributed by atoms with Crippen LogP contribution in [-0.2, 0) is 11.3 Å². The number of hydrogen-bond donors (Lipinski definition) is 2. The summed E-state index contributed by atoms with van der Waals surface area (Å²) >= 11 is 0. The van der Waals surface area contributed by atoms with Gasteiger partial charge in [0.15, 0.2) is 0 Å². The summed E-state index contributed by atoms with van der Waals surface area (Å²) in [7, 11) is 1.30. The van der Waals surface area contributed by atoms with Crippen molar-refractivity contribution in [1.29, 1.82) is 5.26 Å². The van der Waals surface area contributed by atoms with Gasteiger partial charge >= 0.3 is 0 Å². The number of halogens is 1. The lowest BCUT2D eigenvalue weighted by Gasteiger charge is -2.09. The second-order valence-electron chi connectivity index (χ2n) is 5.28. The molecule has 9 heteroatoms. The molecule has 8 nitrogen and oxygen atoms in total. The van der Waals surface area contributed by atoms with Gasteiger partial charge in [-0.25, -0.2) is 4.39 Å². The predicted octanol–water partition coefficient (Wildman–Crippen LogP) is 2.88. The van der Waals surface area contributed by atoms with Crippen LogP contribution in [0.15, 0.2) is 54.2 Å². The normalized spacial score (nSPS) is 10.6. The largest absolute Gasteiger partial charge is 0.494 e. The fraction of sp³-hybridized carbons (Fsp3) is 0.111. The van der Waals surface area contributed by atoms with Crippen LogP contribution in [0, 0.1) is 27.3 Å². The second kappa shape index (κ2) is 8.96. The van der Waals surface area contributed by atoms with Gasteiger partial charge in [0.05, 0.1) is 23.8 Å². The number of nitrogens with one attached hydrogen (secondary N) is 2. The van der Waals surface area contributed by atoms with Crippen LogP contribution in [-0.4, -0.2) is 17.9 Å².